The molecule has 1 aliphatic rings. The second-order valence-electron chi connectivity index (χ2n) is 11.0. The number of aryl methyl sites for hydroxylation is 1. The molecule has 42 heavy (non-hydrogen) atoms. The van der Waals surface area contributed by atoms with Gasteiger partial charge in [-0.05, 0) is 62.6 Å². The number of anilines is 2. The molecule has 0 radical (unpaired) electrons. The second-order valence-corrected chi connectivity index (χ2v) is 11.4. The number of amides is 1. The number of nitrogens with two attached hydrogens (primary N) is 1. The minimum absolute atomic E-state index is 0.0214. The predicted octanol–water partition coefficient (Wildman–Crippen LogP) is 5.26. The molecule has 4 aromatic rings. The maximum Gasteiger partial charge on any atom is 0.355 e. The monoisotopic (exact) mass is 589 g/mol. The average molecular weight is 590 g/mol. The predicted molar refractivity (Wildman–Crippen MR) is 165 cm³/mol. The number of piperazine rings is 1. The van der Waals surface area contributed by atoms with Crippen LogP contribution in [0.25, 0.3) is 28.0 Å². The Balaban J connectivity index is 1.85. The molecule has 9 nitrogen and oxygen atoms in total. The summed E-state index contributed by atoms with van der Waals surface area (Å²) in [4.78, 5) is 44.2. The fourth-order valence-electron chi connectivity index (χ4n) is 5.62. The van der Waals surface area contributed by atoms with Crippen LogP contribution < -0.4 is 16.3 Å². The topological polar surface area (TPSA) is 110 Å². The zero-order valence-electron chi connectivity index (χ0n) is 24.2. The van der Waals surface area contributed by atoms with Gasteiger partial charge in [-0.3, -0.25) is 9.78 Å². The molecule has 1 fully saturated rings. The van der Waals surface area contributed by atoms with Crippen molar-refractivity contribution in [3.8, 4) is 16.9 Å². The Morgan fingerprint density at radius 2 is 1.93 bits per heavy atom. The van der Waals surface area contributed by atoms with Crippen molar-refractivity contribution >= 4 is 40.0 Å². The van der Waals surface area contributed by atoms with Crippen molar-refractivity contribution in [1.82, 2.24) is 24.4 Å². The van der Waals surface area contributed by atoms with Gasteiger partial charge in [0.1, 0.15) is 11.6 Å². The number of aromatic nitrogens is 4. The van der Waals surface area contributed by atoms with Gasteiger partial charge in [0, 0.05) is 37.1 Å². The lowest BCUT2D eigenvalue weighted by Crippen LogP contribution is -2.58. The first kappa shape index (κ1) is 29.2. The lowest BCUT2D eigenvalue weighted by Gasteiger charge is -2.44. The van der Waals surface area contributed by atoms with E-state index < -0.39 is 11.5 Å². The number of halogens is 2. The Bertz CT molecular complexity index is 1770. The molecule has 218 valence electrons. The van der Waals surface area contributed by atoms with E-state index in [9.17, 15) is 9.59 Å². The molecule has 1 saturated heterocycles. The third-order valence-corrected chi connectivity index (χ3v) is 8.01. The molecular weight excluding hydrogens is 557 g/mol. The summed E-state index contributed by atoms with van der Waals surface area (Å²) in [5, 5.41) is 0.652. The van der Waals surface area contributed by atoms with Gasteiger partial charge in [-0.1, -0.05) is 38.1 Å². The van der Waals surface area contributed by atoms with Crippen LogP contribution >= 0.6 is 11.6 Å². The lowest BCUT2D eigenvalue weighted by molar-refractivity contribution is -0.128. The number of pyridine rings is 2. The number of nitrogen functional groups attached to an aromatic ring is 1. The summed E-state index contributed by atoms with van der Waals surface area (Å²) in [7, 11) is 0. The number of hydrogen-bond donors (Lipinski definition) is 1. The summed E-state index contributed by atoms with van der Waals surface area (Å²) in [5.74, 6) is -0.386. The number of rotatable bonds is 5. The Morgan fingerprint density at radius 3 is 2.60 bits per heavy atom. The molecular formula is C31H33ClFN7O2. The molecule has 1 aliphatic heterocycles. The standard InChI is InChI=1S/C31H33ClFN7O2/c1-7-24(41)38-14-19(6)39(15-18(38)5)29-20-13-21(32)27(25-22(33)9-8-10-23(25)34)36-30(20)40(31(42)37-29)28-17(4)11-12-35-26(28)16(2)3/h7-13,16,18-19H,1,14-15,34H2,2-6H3/t18-,19+/m1/s1. The Kier molecular flexibility index (Phi) is 7.76. The average Bonchev–Trinajstić information content (AvgIpc) is 2.94. The first-order valence-electron chi connectivity index (χ1n) is 13.8. The fraction of sp³-hybridized carbons (Fsp3) is 0.323. The zero-order chi connectivity index (χ0) is 30.5. The minimum Gasteiger partial charge on any atom is -0.398 e. The number of benzene rings is 1. The van der Waals surface area contributed by atoms with E-state index >= 15 is 4.39 Å². The Morgan fingerprint density at radius 1 is 1.19 bits per heavy atom. The number of nitrogens with zero attached hydrogens (tertiary/aromatic N) is 6. The number of fused-ring (bicyclic) bond motifs is 1. The normalized spacial score (nSPS) is 17.2. The Hall–Kier alpha value is -4.31. The molecule has 4 heterocycles. The second kappa shape index (κ2) is 11.2. The van der Waals surface area contributed by atoms with Crippen molar-refractivity contribution in [1.29, 1.82) is 0 Å². The molecule has 3 aromatic heterocycles. The fourth-order valence-corrected chi connectivity index (χ4v) is 5.87. The van der Waals surface area contributed by atoms with E-state index in [2.05, 4.69) is 16.5 Å². The van der Waals surface area contributed by atoms with Gasteiger partial charge in [-0.25, -0.2) is 18.7 Å². The quantitative estimate of drug-likeness (QED) is 0.250. The molecule has 11 heteroatoms. The van der Waals surface area contributed by atoms with Crippen molar-refractivity contribution in [2.45, 2.75) is 52.6 Å². The first-order chi connectivity index (χ1) is 19.9. The van der Waals surface area contributed by atoms with Crippen LogP contribution in [-0.2, 0) is 4.79 Å². The number of carbonyl (C=O) groups excluding carboxylic acids is 1. The molecule has 5 rings (SSSR count). The van der Waals surface area contributed by atoms with Crippen LogP contribution in [0.2, 0.25) is 5.02 Å². The van der Waals surface area contributed by atoms with Gasteiger partial charge >= 0.3 is 5.69 Å². The highest BCUT2D eigenvalue weighted by Crippen LogP contribution is 2.38. The highest BCUT2D eigenvalue weighted by atomic mass is 35.5. The first-order valence-corrected chi connectivity index (χ1v) is 14.2. The smallest absolute Gasteiger partial charge is 0.355 e. The summed E-state index contributed by atoms with van der Waals surface area (Å²) >= 11 is 6.80. The van der Waals surface area contributed by atoms with Gasteiger partial charge in [0.2, 0.25) is 5.91 Å². The summed E-state index contributed by atoms with van der Waals surface area (Å²) in [6.07, 6.45) is 3.00. The highest BCUT2D eigenvalue weighted by Gasteiger charge is 2.34. The molecule has 0 saturated carbocycles. The third kappa shape index (κ3) is 4.89. The minimum atomic E-state index is -0.585. The van der Waals surface area contributed by atoms with Gasteiger partial charge in [-0.15, -0.1) is 0 Å². The summed E-state index contributed by atoms with van der Waals surface area (Å²) in [6.45, 7) is 14.2. The maximum absolute atomic E-state index is 15.1. The van der Waals surface area contributed by atoms with Crippen LogP contribution in [0.15, 0.2) is 54.0 Å². The van der Waals surface area contributed by atoms with E-state index in [1.807, 2.05) is 45.6 Å². The molecule has 2 N–H and O–H groups in total. The summed E-state index contributed by atoms with van der Waals surface area (Å²) in [6, 6.07) is 7.47. The van der Waals surface area contributed by atoms with Crippen molar-refractivity contribution in [3.05, 3.63) is 81.8 Å². The van der Waals surface area contributed by atoms with E-state index in [1.54, 1.807) is 23.2 Å². The van der Waals surface area contributed by atoms with Gasteiger partial charge in [0.05, 0.1) is 33.0 Å². The van der Waals surface area contributed by atoms with Crippen molar-refractivity contribution in [2.75, 3.05) is 23.7 Å². The Labute approximate surface area is 248 Å². The summed E-state index contributed by atoms with van der Waals surface area (Å²) < 4.78 is 16.6. The third-order valence-electron chi connectivity index (χ3n) is 7.72. The van der Waals surface area contributed by atoms with Crippen LogP contribution in [-0.4, -0.2) is 55.5 Å². The lowest BCUT2D eigenvalue weighted by atomic mass is 10.0. The van der Waals surface area contributed by atoms with Gasteiger partial charge in [0.15, 0.2) is 5.65 Å². The van der Waals surface area contributed by atoms with Crippen LogP contribution in [0.5, 0.6) is 0 Å². The SMILES string of the molecule is C=CC(=O)N1C[C@H](C)N(c2nc(=O)n(-c3c(C)ccnc3C(C)C)c3nc(-c4c(N)cccc4F)c(Cl)cc23)C[C@H]1C. The molecule has 1 aromatic carbocycles. The van der Waals surface area contributed by atoms with Crippen LogP contribution in [0.1, 0.15) is 44.9 Å². The molecule has 0 bridgehead atoms. The van der Waals surface area contributed by atoms with Gasteiger partial charge in [0.25, 0.3) is 0 Å². The van der Waals surface area contributed by atoms with E-state index in [0.29, 0.717) is 35.7 Å². The van der Waals surface area contributed by atoms with E-state index in [1.165, 1.54) is 22.8 Å². The van der Waals surface area contributed by atoms with Crippen molar-refractivity contribution in [2.24, 2.45) is 0 Å². The molecule has 2 atom stereocenters. The number of carbonyl (C=O) groups is 1. The maximum atomic E-state index is 15.1. The summed E-state index contributed by atoms with van der Waals surface area (Å²) in [5.41, 5.74) is 8.24. The molecule has 1 amide bonds. The van der Waals surface area contributed by atoms with Crippen LogP contribution in [0.4, 0.5) is 15.9 Å². The van der Waals surface area contributed by atoms with Crippen molar-refractivity contribution < 1.29 is 9.18 Å². The zero-order valence-corrected chi connectivity index (χ0v) is 25.0. The largest absolute Gasteiger partial charge is 0.398 e. The highest BCUT2D eigenvalue weighted by molar-refractivity contribution is 6.34. The van der Waals surface area contributed by atoms with Crippen LogP contribution in [0.3, 0.4) is 0 Å². The van der Waals surface area contributed by atoms with Gasteiger partial charge in [-0.2, -0.15) is 4.98 Å². The van der Waals surface area contributed by atoms with Gasteiger partial charge < -0.3 is 15.5 Å². The molecule has 0 unspecified atom stereocenters. The van der Waals surface area contributed by atoms with E-state index in [-0.39, 0.29) is 51.5 Å². The molecule has 0 spiro atoms. The molecule has 0 aliphatic carbocycles. The van der Waals surface area contributed by atoms with Crippen molar-refractivity contribution in [3.63, 3.8) is 0 Å². The van der Waals surface area contributed by atoms with E-state index in [4.69, 9.17) is 22.3 Å². The number of hydrogen-bond acceptors (Lipinski definition) is 7. The van der Waals surface area contributed by atoms with Crippen LogP contribution in [0, 0.1) is 12.7 Å². The van der Waals surface area contributed by atoms with E-state index in [0.717, 1.165) is 5.56 Å².